The molecule has 5 nitrogen and oxygen atoms in total. The highest BCUT2D eigenvalue weighted by molar-refractivity contribution is 8.01. The minimum Gasteiger partial charge on any atom is -0.360 e. The van der Waals surface area contributed by atoms with Crippen molar-refractivity contribution in [2.24, 2.45) is 0 Å². The van der Waals surface area contributed by atoms with Crippen LogP contribution in [0.2, 0.25) is 0 Å². The van der Waals surface area contributed by atoms with Crippen molar-refractivity contribution in [1.82, 2.24) is 15.0 Å². The normalized spacial score (nSPS) is 11.3. The first kappa shape index (κ1) is 17.4. The molecule has 0 spiro atoms. The molecule has 0 atom stereocenters. The number of thioether (sulfide) groups is 1. The van der Waals surface area contributed by atoms with Gasteiger partial charge in [-0.25, -0.2) is 9.97 Å². The molecule has 5 aromatic rings. The molecule has 0 saturated heterocycles. The number of hydrogen-bond donors (Lipinski definition) is 2. The van der Waals surface area contributed by atoms with Crippen molar-refractivity contribution in [3.05, 3.63) is 60.1 Å². The van der Waals surface area contributed by atoms with E-state index in [1.165, 1.54) is 23.1 Å². The minimum atomic E-state index is -0.0796. The number of aromatic amines is 1. The van der Waals surface area contributed by atoms with Crippen LogP contribution in [-0.2, 0) is 4.79 Å². The van der Waals surface area contributed by atoms with Gasteiger partial charge in [-0.3, -0.25) is 4.79 Å². The molecule has 0 aliphatic heterocycles. The van der Waals surface area contributed by atoms with E-state index in [-0.39, 0.29) is 5.91 Å². The van der Waals surface area contributed by atoms with Gasteiger partial charge in [-0.05, 0) is 18.2 Å². The Balaban J connectivity index is 1.25. The zero-order chi connectivity index (χ0) is 18.9. The van der Waals surface area contributed by atoms with Crippen LogP contribution in [0.1, 0.15) is 0 Å². The molecule has 8 heteroatoms. The lowest BCUT2D eigenvalue weighted by molar-refractivity contribution is -0.113. The molecular weight excluding hydrogens is 408 g/mol. The topological polar surface area (TPSA) is 70.7 Å². The van der Waals surface area contributed by atoms with Crippen LogP contribution in [0.5, 0.6) is 0 Å². The third-order valence-corrected chi connectivity index (χ3v) is 7.15. The predicted molar refractivity (Wildman–Crippen MR) is 118 cm³/mol. The Bertz CT molecular complexity index is 1250. The summed E-state index contributed by atoms with van der Waals surface area (Å²) in [5.41, 5.74) is 3.94. The molecule has 3 heterocycles. The van der Waals surface area contributed by atoms with E-state index in [9.17, 15) is 4.79 Å². The van der Waals surface area contributed by atoms with Crippen molar-refractivity contribution in [2.45, 2.75) is 4.34 Å². The van der Waals surface area contributed by atoms with E-state index in [0.717, 1.165) is 36.7 Å². The highest BCUT2D eigenvalue weighted by atomic mass is 32.2. The molecule has 3 aromatic heterocycles. The average molecular weight is 423 g/mol. The third kappa shape index (κ3) is 3.42. The molecular formula is C20H14N4OS3. The van der Waals surface area contributed by atoms with Crippen LogP contribution >= 0.6 is 34.4 Å². The second-order valence-electron chi connectivity index (χ2n) is 6.07. The molecule has 138 valence electrons. The fraction of sp³-hybridized carbons (Fsp3) is 0.0500. The molecule has 0 radical (unpaired) electrons. The van der Waals surface area contributed by atoms with Gasteiger partial charge < -0.3 is 10.3 Å². The Kier molecular flexibility index (Phi) is 4.59. The minimum absolute atomic E-state index is 0.0796. The van der Waals surface area contributed by atoms with E-state index < -0.39 is 0 Å². The maximum Gasteiger partial charge on any atom is 0.236 e. The summed E-state index contributed by atoms with van der Waals surface area (Å²) in [6, 6.07) is 16.1. The van der Waals surface area contributed by atoms with E-state index in [0.29, 0.717) is 10.9 Å². The Morgan fingerprint density at radius 2 is 1.96 bits per heavy atom. The van der Waals surface area contributed by atoms with Gasteiger partial charge >= 0.3 is 0 Å². The fourth-order valence-corrected chi connectivity index (χ4v) is 5.53. The molecule has 0 aliphatic rings. The molecule has 5 rings (SSSR count). The van der Waals surface area contributed by atoms with Crippen molar-refractivity contribution in [3.63, 3.8) is 0 Å². The summed E-state index contributed by atoms with van der Waals surface area (Å²) < 4.78 is 2.03. The van der Waals surface area contributed by atoms with E-state index in [1.54, 1.807) is 11.3 Å². The predicted octanol–water partition coefficient (Wildman–Crippen LogP) is 5.63. The molecule has 0 aliphatic carbocycles. The SMILES string of the molecule is O=C(CSc1nc2ccccc2s1)Nc1nc(-c2c[nH]c3ccccc23)cs1. The van der Waals surface area contributed by atoms with Gasteiger partial charge in [0.05, 0.1) is 21.7 Å². The lowest BCUT2D eigenvalue weighted by atomic mass is 10.1. The molecule has 2 aromatic carbocycles. The molecule has 0 unspecified atom stereocenters. The first-order valence-corrected chi connectivity index (χ1v) is 11.2. The highest BCUT2D eigenvalue weighted by Gasteiger charge is 2.12. The number of H-pyrrole nitrogens is 1. The molecule has 2 N–H and O–H groups in total. The zero-order valence-corrected chi connectivity index (χ0v) is 17.0. The number of benzene rings is 2. The maximum absolute atomic E-state index is 12.3. The van der Waals surface area contributed by atoms with Crippen LogP contribution in [0.25, 0.3) is 32.4 Å². The maximum atomic E-state index is 12.3. The number of nitrogens with zero attached hydrogens (tertiary/aromatic N) is 2. The first-order chi connectivity index (χ1) is 13.8. The number of aromatic nitrogens is 3. The van der Waals surface area contributed by atoms with Crippen LogP contribution in [0, 0.1) is 0 Å². The summed E-state index contributed by atoms with van der Waals surface area (Å²) in [5.74, 6) is 0.228. The van der Waals surface area contributed by atoms with Crippen LogP contribution < -0.4 is 5.32 Å². The largest absolute Gasteiger partial charge is 0.360 e. The second kappa shape index (κ2) is 7.38. The van der Waals surface area contributed by atoms with Gasteiger partial charge in [0.1, 0.15) is 0 Å². The standard InChI is InChI=1S/C20H14N4OS3/c25-18(11-27-20-23-15-7-3-4-8-17(15)28-20)24-19-22-16(10-26-19)13-9-21-14-6-2-1-5-12(13)14/h1-10,21H,11H2,(H,22,24,25). The Morgan fingerprint density at radius 3 is 2.89 bits per heavy atom. The van der Waals surface area contributed by atoms with Crippen molar-refractivity contribution in [1.29, 1.82) is 0 Å². The van der Waals surface area contributed by atoms with Crippen molar-refractivity contribution < 1.29 is 4.79 Å². The lowest BCUT2D eigenvalue weighted by Gasteiger charge is -1.99. The zero-order valence-electron chi connectivity index (χ0n) is 14.5. The molecule has 0 bridgehead atoms. The summed E-state index contributed by atoms with van der Waals surface area (Å²) >= 11 is 4.48. The van der Waals surface area contributed by atoms with E-state index in [4.69, 9.17) is 0 Å². The summed E-state index contributed by atoms with van der Waals surface area (Å²) in [5, 5.41) is 6.58. The lowest BCUT2D eigenvalue weighted by Crippen LogP contribution is -2.13. The summed E-state index contributed by atoms with van der Waals surface area (Å²) in [6.45, 7) is 0. The average Bonchev–Trinajstić information content (AvgIpc) is 3.43. The summed E-state index contributed by atoms with van der Waals surface area (Å²) in [6.07, 6.45) is 1.95. The molecule has 0 fully saturated rings. The number of carbonyl (C=O) groups excluding carboxylic acids is 1. The van der Waals surface area contributed by atoms with Crippen LogP contribution in [0.4, 0.5) is 5.13 Å². The monoisotopic (exact) mass is 422 g/mol. The van der Waals surface area contributed by atoms with Gasteiger partial charge in [0, 0.05) is 28.0 Å². The fourth-order valence-electron chi connectivity index (χ4n) is 2.93. The molecule has 28 heavy (non-hydrogen) atoms. The quantitative estimate of drug-likeness (QED) is 0.360. The van der Waals surface area contributed by atoms with Gasteiger partial charge in [0.2, 0.25) is 5.91 Å². The van der Waals surface area contributed by atoms with Crippen LogP contribution in [-0.4, -0.2) is 26.6 Å². The van der Waals surface area contributed by atoms with Crippen molar-refractivity contribution in [3.8, 4) is 11.3 Å². The van der Waals surface area contributed by atoms with Crippen molar-refractivity contribution >= 4 is 66.6 Å². The number of fused-ring (bicyclic) bond motifs is 2. The van der Waals surface area contributed by atoms with Gasteiger partial charge in [0.15, 0.2) is 9.47 Å². The van der Waals surface area contributed by atoms with E-state index in [2.05, 4.69) is 26.3 Å². The number of rotatable bonds is 5. The number of para-hydroxylation sites is 2. The van der Waals surface area contributed by atoms with Gasteiger partial charge in [-0.15, -0.1) is 22.7 Å². The van der Waals surface area contributed by atoms with Gasteiger partial charge in [0.25, 0.3) is 0 Å². The number of anilines is 1. The Hall–Kier alpha value is -2.68. The van der Waals surface area contributed by atoms with Crippen LogP contribution in [0.3, 0.4) is 0 Å². The Labute approximate surface area is 172 Å². The van der Waals surface area contributed by atoms with E-state index in [1.807, 2.05) is 54.0 Å². The Morgan fingerprint density at radius 1 is 1.11 bits per heavy atom. The second-order valence-corrected chi connectivity index (χ2v) is 9.18. The number of amides is 1. The van der Waals surface area contributed by atoms with Crippen LogP contribution in [0.15, 0.2) is 64.4 Å². The van der Waals surface area contributed by atoms with Gasteiger partial charge in [-0.1, -0.05) is 42.1 Å². The van der Waals surface area contributed by atoms with E-state index >= 15 is 0 Å². The third-order valence-electron chi connectivity index (χ3n) is 4.22. The van der Waals surface area contributed by atoms with Gasteiger partial charge in [-0.2, -0.15) is 0 Å². The smallest absolute Gasteiger partial charge is 0.236 e. The number of nitrogens with one attached hydrogen (secondary N) is 2. The summed E-state index contributed by atoms with van der Waals surface area (Å²) in [7, 11) is 0. The first-order valence-electron chi connectivity index (χ1n) is 8.56. The number of thiazole rings is 2. The number of carbonyl (C=O) groups is 1. The highest BCUT2D eigenvalue weighted by Crippen LogP contribution is 2.32. The number of hydrogen-bond acceptors (Lipinski definition) is 6. The molecule has 1 amide bonds. The summed E-state index contributed by atoms with van der Waals surface area (Å²) in [4.78, 5) is 24.7. The van der Waals surface area contributed by atoms with Crippen molar-refractivity contribution in [2.75, 3.05) is 11.1 Å². The molecule has 0 saturated carbocycles.